The van der Waals surface area contributed by atoms with E-state index in [1.807, 2.05) is 24.3 Å². The summed E-state index contributed by atoms with van der Waals surface area (Å²) < 4.78 is 21.0. The molecule has 0 radical (unpaired) electrons. The minimum atomic E-state index is -0.110. The zero-order valence-electron chi connectivity index (χ0n) is 14.5. The highest BCUT2D eigenvalue weighted by Gasteiger charge is 2.15. The van der Waals surface area contributed by atoms with Crippen molar-refractivity contribution >= 4 is 11.9 Å². The zero-order chi connectivity index (χ0) is 18.6. The van der Waals surface area contributed by atoms with Crippen LogP contribution in [0.25, 0.3) is 6.08 Å². The number of aryl methyl sites for hydroxylation is 1. The minimum Gasteiger partial charge on any atom is -0.485 e. The molecule has 1 aromatic heterocycles. The lowest BCUT2D eigenvalue weighted by Crippen LogP contribution is -1.97. The van der Waals surface area contributed by atoms with Crippen molar-refractivity contribution in [3.63, 3.8) is 0 Å². The summed E-state index contributed by atoms with van der Waals surface area (Å²) in [6.45, 7) is 2.14. The third kappa shape index (κ3) is 3.98. The largest absolute Gasteiger partial charge is 0.485 e. The number of rotatable bonds is 6. The van der Waals surface area contributed by atoms with Gasteiger partial charge in [0.2, 0.25) is 18.5 Å². The third-order valence-electron chi connectivity index (χ3n) is 3.90. The van der Waals surface area contributed by atoms with Gasteiger partial charge in [-0.1, -0.05) is 23.4 Å². The molecule has 7 heteroatoms. The Balaban J connectivity index is 1.36. The quantitative estimate of drug-likeness (QED) is 0.488. The van der Waals surface area contributed by atoms with Gasteiger partial charge in [0.25, 0.3) is 0 Å². The second-order valence-electron chi connectivity index (χ2n) is 5.85. The van der Waals surface area contributed by atoms with Crippen molar-refractivity contribution in [1.82, 2.24) is 10.1 Å². The van der Waals surface area contributed by atoms with E-state index in [1.54, 1.807) is 31.2 Å². The van der Waals surface area contributed by atoms with E-state index in [0.29, 0.717) is 34.5 Å². The standard InChI is InChI=1S/C20H16N2O5/c1-13-21-20(22-27-13)11-24-16-6-2-14(3-7-16)4-8-17(23)15-5-9-18-19(10-15)26-12-25-18/h2-10H,11-12H2,1H3. The van der Waals surface area contributed by atoms with Crippen LogP contribution in [0.2, 0.25) is 0 Å². The Morgan fingerprint density at radius 2 is 1.96 bits per heavy atom. The van der Waals surface area contributed by atoms with E-state index < -0.39 is 0 Å². The molecule has 0 bridgehead atoms. The Morgan fingerprint density at radius 3 is 2.74 bits per heavy atom. The number of carbonyl (C=O) groups is 1. The van der Waals surface area contributed by atoms with Crippen molar-refractivity contribution in [3.05, 3.63) is 71.4 Å². The second kappa shape index (κ2) is 7.33. The van der Waals surface area contributed by atoms with Gasteiger partial charge in [-0.2, -0.15) is 4.98 Å². The van der Waals surface area contributed by atoms with Gasteiger partial charge in [0.05, 0.1) is 0 Å². The molecule has 0 aliphatic carbocycles. The lowest BCUT2D eigenvalue weighted by Gasteiger charge is -2.03. The number of benzene rings is 2. The number of nitrogens with zero attached hydrogens (tertiary/aromatic N) is 2. The van der Waals surface area contributed by atoms with E-state index in [2.05, 4.69) is 10.1 Å². The number of carbonyl (C=O) groups excluding carboxylic acids is 1. The summed E-state index contributed by atoms with van der Waals surface area (Å²) in [5.74, 6) is 2.81. The molecule has 0 atom stereocenters. The van der Waals surface area contributed by atoms with Gasteiger partial charge in [-0.05, 0) is 42.0 Å². The summed E-state index contributed by atoms with van der Waals surface area (Å²) in [4.78, 5) is 16.4. The number of aromatic nitrogens is 2. The number of hydrogen-bond donors (Lipinski definition) is 0. The monoisotopic (exact) mass is 364 g/mol. The van der Waals surface area contributed by atoms with Gasteiger partial charge in [-0.25, -0.2) is 0 Å². The Labute approximate surface area is 155 Å². The molecule has 136 valence electrons. The average Bonchev–Trinajstić information content (AvgIpc) is 3.33. The van der Waals surface area contributed by atoms with E-state index in [4.69, 9.17) is 18.7 Å². The fourth-order valence-corrected chi connectivity index (χ4v) is 2.54. The molecule has 4 rings (SSSR count). The molecule has 0 saturated carbocycles. The van der Waals surface area contributed by atoms with Crippen LogP contribution in [-0.4, -0.2) is 22.7 Å². The summed E-state index contributed by atoms with van der Waals surface area (Å²) in [7, 11) is 0. The van der Waals surface area contributed by atoms with Gasteiger partial charge in [0.1, 0.15) is 5.75 Å². The number of ether oxygens (including phenoxy) is 3. The van der Waals surface area contributed by atoms with Gasteiger partial charge in [0, 0.05) is 12.5 Å². The van der Waals surface area contributed by atoms with Gasteiger partial charge in [-0.3, -0.25) is 4.79 Å². The van der Waals surface area contributed by atoms with Crippen molar-refractivity contribution in [2.75, 3.05) is 6.79 Å². The van der Waals surface area contributed by atoms with Gasteiger partial charge >= 0.3 is 0 Å². The first-order valence-electron chi connectivity index (χ1n) is 8.31. The predicted molar refractivity (Wildman–Crippen MR) is 95.7 cm³/mol. The first-order chi connectivity index (χ1) is 13.2. The molecular formula is C20H16N2O5. The molecule has 0 fully saturated rings. The Hall–Kier alpha value is -3.61. The maximum Gasteiger partial charge on any atom is 0.231 e. The molecule has 2 heterocycles. The van der Waals surface area contributed by atoms with Crippen molar-refractivity contribution in [1.29, 1.82) is 0 Å². The molecule has 2 aromatic carbocycles. The highest BCUT2D eigenvalue weighted by Crippen LogP contribution is 2.32. The minimum absolute atomic E-state index is 0.110. The molecule has 1 aliphatic heterocycles. The van der Waals surface area contributed by atoms with Crippen LogP contribution < -0.4 is 14.2 Å². The van der Waals surface area contributed by atoms with Crippen LogP contribution >= 0.6 is 0 Å². The first-order valence-corrected chi connectivity index (χ1v) is 8.31. The number of ketones is 1. The smallest absolute Gasteiger partial charge is 0.231 e. The molecule has 7 nitrogen and oxygen atoms in total. The van der Waals surface area contributed by atoms with Crippen LogP contribution in [0.1, 0.15) is 27.6 Å². The maximum atomic E-state index is 12.3. The van der Waals surface area contributed by atoms with Crippen molar-refractivity contribution in [2.45, 2.75) is 13.5 Å². The van der Waals surface area contributed by atoms with E-state index >= 15 is 0 Å². The van der Waals surface area contributed by atoms with Crippen LogP contribution in [0.4, 0.5) is 0 Å². The van der Waals surface area contributed by atoms with Crippen molar-refractivity contribution in [3.8, 4) is 17.2 Å². The molecular weight excluding hydrogens is 348 g/mol. The van der Waals surface area contributed by atoms with Gasteiger partial charge < -0.3 is 18.7 Å². The van der Waals surface area contributed by atoms with Crippen LogP contribution in [-0.2, 0) is 6.61 Å². The highest BCUT2D eigenvalue weighted by atomic mass is 16.7. The first kappa shape index (κ1) is 16.8. The molecule has 3 aromatic rings. The van der Waals surface area contributed by atoms with Crippen molar-refractivity contribution in [2.24, 2.45) is 0 Å². The van der Waals surface area contributed by atoms with Crippen LogP contribution in [0.3, 0.4) is 0 Å². The normalized spacial score (nSPS) is 12.5. The highest BCUT2D eigenvalue weighted by molar-refractivity contribution is 6.07. The predicted octanol–water partition coefficient (Wildman–Crippen LogP) is 3.58. The second-order valence-corrected chi connectivity index (χ2v) is 5.85. The fourth-order valence-electron chi connectivity index (χ4n) is 2.54. The Kier molecular flexibility index (Phi) is 4.57. The summed E-state index contributed by atoms with van der Waals surface area (Å²) >= 11 is 0. The average molecular weight is 364 g/mol. The topological polar surface area (TPSA) is 83.7 Å². The SMILES string of the molecule is Cc1nc(COc2ccc(C=CC(=O)c3ccc4c(c3)OCO4)cc2)no1. The molecule has 1 aliphatic rings. The summed E-state index contributed by atoms with van der Waals surface area (Å²) in [6.07, 6.45) is 3.27. The third-order valence-corrected chi connectivity index (χ3v) is 3.90. The van der Waals surface area contributed by atoms with Gasteiger partial charge in [-0.15, -0.1) is 0 Å². The lowest BCUT2D eigenvalue weighted by atomic mass is 10.1. The van der Waals surface area contributed by atoms with Gasteiger partial charge in [0.15, 0.2) is 23.9 Å². The lowest BCUT2D eigenvalue weighted by molar-refractivity contribution is 0.104. The molecule has 0 unspecified atom stereocenters. The molecule has 0 spiro atoms. The summed E-state index contributed by atoms with van der Waals surface area (Å²) in [6, 6.07) is 12.5. The van der Waals surface area contributed by atoms with E-state index in [9.17, 15) is 4.79 Å². The fraction of sp³-hybridized carbons (Fsp3) is 0.150. The summed E-state index contributed by atoms with van der Waals surface area (Å²) in [5.41, 5.74) is 1.43. The van der Waals surface area contributed by atoms with E-state index in [1.165, 1.54) is 6.08 Å². The van der Waals surface area contributed by atoms with E-state index in [-0.39, 0.29) is 19.2 Å². The maximum absolute atomic E-state index is 12.3. The summed E-state index contributed by atoms with van der Waals surface area (Å²) in [5, 5.41) is 3.77. The number of allylic oxidation sites excluding steroid dienone is 1. The Bertz CT molecular complexity index is 992. The number of fused-ring (bicyclic) bond motifs is 1. The molecule has 0 N–H and O–H groups in total. The van der Waals surface area contributed by atoms with Crippen LogP contribution in [0, 0.1) is 6.92 Å². The van der Waals surface area contributed by atoms with E-state index in [0.717, 1.165) is 5.56 Å². The molecule has 27 heavy (non-hydrogen) atoms. The van der Waals surface area contributed by atoms with Crippen LogP contribution in [0.15, 0.2) is 53.1 Å². The van der Waals surface area contributed by atoms with Crippen molar-refractivity contribution < 1.29 is 23.5 Å². The molecule has 0 amide bonds. The van der Waals surface area contributed by atoms with Crippen LogP contribution in [0.5, 0.6) is 17.2 Å². The molecule has 0 saturated heterocycles. The zero-order valence-corrected chi connectivity index (χ0v) is 14.5. The number of hydrogen-bond acceptors (Lipinski definition) is 7. The Morgan fingerprint density at radius 1 is 1.15 bits per heavy atom.